The summed E-state index contributed by atoms with van der Waals surface area (Å²) >= 11 is 0. The summed E-state index contributed by atoms with van der Waals surface area (Å²) in [7, 11) is -3.80. The largest absolute Gasteiger partial charge is 0.480 e. The second-order valence-corrected chi connectivity index (χ2v) is 7.72. The van der Waals surface area contributed by atoms with Crippen molar-refractivity contribution in [2.24, 2.45) is 0 Å². The summed E-state index contributed by atoms with van der Waals surface area (Å²) in [5.74, 6) is -1.09. The fourth-order valence-corrected chi connectivity index (χ4v) is 4.59. The lowest BCUT2D eigenvalue weighted by Gasteiger charge is -2.40. The predicted octanol–water partition coefficient (Wildman–Crippen LogP) is 2.32. The molecule has 1 atom stereocenters. The van der Waals surface area contributed by atoms with E-state index in [1.807, 2.05) is 13.8 Å². The summed E-state index contributed by atoms with van der Waals surface area (Å²) in [6.07, 6.45) is 1.75. The van der Waals surface area contributed by atoms with Gasteiger partial charge < -0.3 is 5.11 Å². The molecule has 1 aliphatic rings. The van der Waals surface area contributed by atoms with Crippen molar-refractivity contribution >= 4 is 16.0 Å². The van der Waals surface area contributed by atoms with Crippen LogP contribution < -0.4 is 0 Å². The van der Waals surface area contributed by atoms with Gasteiger partial charge in [0.15, 0.2) is 0 Å². The van der Waals surface area contributed by atoms with Crippen LogP contribution in [0.1, 0.15) is 37.3 Å². The molecule has 116 valence electrons. The number of aryl methyl sites for hydroxylation is 2. The molecule has 5 nitrogen and oxygen atoms in total. The summed E-state index contributed by atoms with van der Waals surface area (Å²) in [6, 6.07) is 4.92. The van der Waals surface area contributed by atoms with Crippen LogP contribution in [0, 0.1) is 13.8 Å². The summed E-state index contributed by atoms with van der Waals surface area (Å²) in [6.45, 7) is 5.50. The van der Waals surface area contributed by atoms with Crippen molar-refractivity contribution in [1.82, 2.24) is 4.31 Å². The molecule has 0 saturated carbocycles. The summed E-state index contributed by atoms with van der Waals surface area (Å²) < 4.78 is 26.8. The lowest BCUT2D eigenvalue weighted by atomic mass is 9.91. The number of sulfonamides is 1. The second kappa shape index (κ2) is 5.42. The average Bonchev–Trinajstić information content (AvgIpc) is 2.41. The van der Waals surface area contributed by atoms with Gasteiger partial charge in [-0.1, -0.05) is 6.07 Å². The fraction of sp³-hybridized carbons (Fsp3) is 0.533. The first kappa shape index (κ1) is 16.0. The third kappa shape index (κ3) is 2.70. The Hall–Kier alpha value is -1.40. The van der Waals surface area contributed by atoms with Crippen molar-refractivity contribution in [3.8, 4) is 0 Å². The van der Waals surface area contributed by atoms with E-state index in [0.29, 0.717) is 12.8 Å². The van der Waals surface area contributed by atoms with Gasteiger partial charge in [-0.3, -0.25) is 4.79 Å². The number of hydrogen-bond acceptors (Lipinski definition) is 3. The molecule has 1 N–H and O–H groups in total. The minimum Gasteiger partial charge on any atom is -0.480 e. The monoisotopic (exact) mass is 311 g/mol. The number of carboxylic acid groups (broad SMARTS) is 1. The molecule has 2 rings (SSSR count). The molecule has 0 radical (unpaired) electrons. The smallest absolute Gasteiger partial charge is 0.324 e. The third-order valence-electron chi connectivity index (χ3n) is 4.35. The Bertz CT molecular complexity index is 668. The van der Waals surface area contributed by atoms with Crippen LogP contribution >= 0.6 is 0 Å². The van der Waals surface area contributed by atoms with E-state index in [-0.39, 0.29) is 11.4 Å². The maximum Gasteiger partial charge on any atom is 0.324 e. The van der Waals surface area contributed by atoms with E-state index >= 15 is 0 Å². The number of piperidine rings is 1. The number of aliphatic carboxylic acids is 1. The van der Waals surface area contributed by atoms with Crippen molar-refractivity contribution in [2.75, 3.05) is 6.54 Å². The van der Waals surface area contributed by atoms with Crippen molar-refractivity contribution in [1.29, 1.82) is 0 Å². The molecule has 1 unspecified atom stereocenters. The summed E-state index contributed by atoms with van der Waals surface area (Å²) in [5.41, 5.74) is 0.522. The van der Waals surface area contributed by atoms with Crippen LogP contribution in [-0.4, -0.2) is 35.9 Å². The van der Waals surface area contributed by atoms with Crippen LogP contribution in [-0.2, 0) is 14.8 Å². The molecule has 0 amide bonds. The van der Waals surface area contributed by atoms with E-state index in [4.69, 9.17) is 0 Å². The molecule has 1 aromatic carbocycles. The fourth-order valence-electron chi connectivity index (χ4n) is 2.70. The zero-order valence-corrected chi connectivity index (χ0v) is 13.4. The van der Waals surface area contributed by atoms with Gasteiger partial charge in [-0.25, -0.2) is 8.42 Å². The van der Waals surface area contributed by atoms with Gasteiger partial charge in [-0.15, -0.1) is 0 Å². The quantitative estimate of drug-likeness (QED) is 0.929. The maximum atomic E-state index is 12.8. The lowest BCUT2D eigenvalue weighted by molar-refractivity contribution is -0.149. The number of rotatable bonds is 3. The van der Waals surface area contributed by atoms with Crippen LogP contribution in [0.5, 0.6) is 0 Å². The molecular formula is C15H21NO4S. The molecule has 0 bridgehead atoms. The van der Waals surface area contributed by atoms with E-state index in [9.17, 15) is 18.3 Å². The molecule has 1 fully saturated rings. The Balaban J connectivity index is 2.50. The zero-order chi connectivity index (χ0) is 15.8. The Morgan fingerprint density at radius 3 is 2.48 bits per heavy atom. The first-order valence-corrected chi connectivity index (χ1v) is 8.47. The molecular weight excluding hydrogens is 290 g/mol. The van der Waals surface area contributed by atoms with Crippen LogP contribution in [0.15, 0.2) is 23.1 Å². The van der Waals surface area contributed by atoms with Gasteiger partial charge in [0, 0.05) is 6.54 Å². The van der Waals surface area contributed by atoms with E-state index in [2.05, 4.69) is 0 Å². The van der Waals surface area contributed by atoms with E-state index < -0.39 is 21.5 Å². The van der Waals surface area contributed by atoms with Gasteiger partial charge in [0.2, 0.25) is 10.0 Å². The predicted molar refractivity (Wildman–Crippen MR) is 79.7 cm³/mol. The summed E-state index contributed by atoms with van der Waals surface area (Å²) in [4.78, 5) is 11.7. The first-order chi connectivity index (χ1) is 9.69. The number of carboxylic acids is 1. The van der Waals surface area contributed by atoms with Crippen LogP contribution in [0.2, 0.25) is 0 Å². The number of hydrogen-bond donors (Lipinski definition) is 1. The van der Waals surface area contributed by atoms with Crippen molar-refractivity contribution in [3.05, 3.63) is 29.3 Å². The molecule has 0 spiro atoms. The molecule has 0 aliphatic carbocycles. The second-order valence-electron chi connectivity index (χ2n) is 5.86. The van der Waals surface area contributed by atoms with Gasteiger partial charge in [0.05, 0.1) is 4.90 Å². The number of benzene rings is 1. The Labute approximate surface area is 125 Å². The highest BCUT2D eigenvalue weighted by Crippen LogP contribution is 2.34. The van der Waals surface area contributed by atoms with E-state index in [1.165, 1.54) is 6.92 Å². The van der Waals surface area contributed by atoms with Crippen LogP contribution in [0.4, 0.5) is 0 Å². The molecule has 21 heavy (non-hydrogen) atoms. The standard InChI is InChI=1S/C15H21NO4S/c1-11-6-7-13(10-12(11)2)21(19,20)16-9-5-4-8-15(16,3)14(17)18/h6-7,10H,4-5,8-9H2,1-3H3,(H,17,18). The van der Waals surface area contributed by atoms with Gasteiger partial charge in [0.25, 0.3) is 0 Å². The van der Waals surface area contributed by atoms with Crippen LogP contribution in [0.25, 0.3) is 0 Å². The Kier molecular flexibility index (Phi) is 4.13. The number of nitrogens with zero attached hydrogens (tertiary/aromatic N) is 1. The topological polar surface area (TPSA) is 74.7 Å². The van der Waals surface area contributed by atoms with Crippen molar-refractivity contribution in [3.63, 3.8) is 0 Å². The van der Waals surface area contributed by atoms with Gasteiger partial charge >= 0.3 is 5.97 Å². The molecule has 1 aromatic rings. The normalized spacial score (nSPS) is 24.0. The van der Waals surface area contributed by atoms with Crippen LogP contribution in [0.3, 0.4) is 0 Å². The molecule has 6 heteroatoms. The third-order valence-corrected chi connectivity index (χ3v) is 6.37. The number of carbonyl (C=O) groups is 1. The average molecular weight is 311 g/mol. The van der Waals surface area contributed by atoms with Crippen molar-refractivity contribution < 1.29 is 18.3 Å². The molecule has 1 heterocycles. The van der Waals surface area contributed by atoms with E-state index in [1.54, 1.807) is 18.2 Å². The zero-order valence-electron chi connectivity index (χ0n) is 12.6. The van der Waals surface area contributed by atoms with Gasteiger partial charge in [-0.2, -0.15) is 4.31 Å². The van der Waals surface area contributed by atoms with Gasteiger partial charge in [0.1, 0.15) is 5.54 Å². The van der Waals surface area contributed by atoms with Gasteiger partial charge in [-0.05, 0) is 63.3 Å². The van der Waals surface area contributed by atoms with Crippen molar-refractivity contribution in [2.45, 2.75) is 50.5 Å². The molecule has 0 aromatic heterocycles. The first-order valence-electron chi connectivity index (χ1n) is 7.03. The molecule has 1 aliphatic heterocycles. The Morgan fingerprint density at radius 2 is 1.90 bits per heavy atom. The highest BCUT2D eigenvalue weighted by atomic mass is 32.2. The Morgan fingerprint density at radius 1 is 1.24 bits per heavy atom. The highest BCUT2D eigenvalue weighted by Gasteiger charge is 2.47. The molecule has 1 saturated heterocycles. The highest BCUT2D eigenvalue weighted by molar-refractivity contribution is 7.89. The SMILES string of the molecule is Cc1ccc(S(=O)(=O)N2CCCCC2(C)C(=O)O)cc1C. The lowest BCUT2D eigenvalue weighted by Crippen LogP contribution is -2.57. The summed E-state index contributed by atoms with van der Waals surface area (Å²) in [5, 5.41) is 9.47. The minimum atomic E-state index is -3.80. The van der Waals surface area contributed by atoms with E-state index in [0.717, 1.165) is 21.9 Å². The minimum absolute atomic E-state index is 0.167. The maximum absolute atomic E-state index is 12.8.